The van der Waals surface area contributed by atoms with Crippen molar-refractivity contribution in [2.45, 2.75) is 13.3 Å². The van der Waals surface area contributed by atoms with E-state index in [2.05, 4.69) is 6.92 Å². The van der Waals surface area contributed by atoms with Crippen molar-refractivity contribution in [2.75, 3.05) is 0 Å². The summed E-state index contributed by atoms with van der Waals surface area (Å²) < 4.78 is 5.77. The van der Waals surface area contributed by atoms with Crippen LogP contribution in [0.25, 0.3) is 21.9 Å². The molecular formula is C14H13BO3. The van der Waals surface area contributed by atoms with Crippen molar-refractivity contribution in [1.82, 2.24) is 0 Å². The smallest absolute Gasteiger partial charge is 0.456 e. The SMILES string of the molecule is CCc1ccc(B(O)O)c2oc3ccccc3c12. The van der Waals surface area contributed by atoms with Gasteiger partial charge in [0, 0.05) is 16.2 Å². The monoisotopic (exact) mass is 240 g/mol. The molecule has 2 N–H and O–H groups in total. The van der Waals surface area contributed by atoms with Crippen LogP contribution in [0.4, 0.5) is 0 Å². The van der Waals surface area contributed by atoms with E-state index in [4.69, 9.17) is 4.42 Å². The highest BCUT2D eigenvalue weighted by Gasteiger charge is 2.20. The van der Waals surface area contributed by atoms with Gasteiger partial charge in [0.1, 0.15) is 11.2 Å². The van der Waals surface area contributed by atoms with Gasteiger partial charge in [-0.3, -0.25) is 0 Å². The van der Waals surface area contributed by atoms with Crippen molar-refractivity contribution in [1.29, 1.82) is 0 Å². The molecule has 0 saturated carbocycles. The molecule has 4 heteroatoms. The molecule has 90 valence electrons. The van der Waals surface area contributed by atoms with Crippen LogP contribution in [0.3, 0.4) is 0 Å². The van der Waals surface area contributed by atoms with Crippen LogP contribution in [0.2, 0.25) is 0 Å². The summed E-state index contributed by atoms with van der Waals surface area (Å²) in [6.07, 6.45) is 0.877. The Morgan fingerprint density at radius 3 is 2.61 bits per heavy atom. The van der Waals surface area contributed by atoms with E-state index in [9.17, 15) is 10.0 Å². The molecule has 0 fully saturated rings. The fraction of sp³-hybridized carbons (Fsp3) is 0.143. The Bertz CT molecular complexity index is 715. The maximum atomic E-state index is 9.41. The van der Waals surface area contributed by atoms with Crippen molar-refractivity contribution in [3.05, 3.63) is 42.0 Å². The fourth-order valence-corrected chi connectivity index (χ4v) is 2.41. The first kappa shape index (κ1) is 11.3. The van der Waals surface area contributed by atoms with Crippen LogP contribution in [0.15, 0.2) is 40.8 Å². The first-order chi connectivity index (χ1) is 8.72. The van der Waals surface area contributed by atoms with Gasteiger partial charge in [-0.15, -0.1) is 0 Å². The Morgan fingerprint density at radius 2 is 1.89 bits per heavy atom. The molecule has 0 aliphatic heterocycles. The molecule has 2 aromatic carbocycles. The number of rotatable bonds is 2. The summed E-state index contributed by atoms with van der Waals surface area (Å²) in [5.41, 5.74) is 2.92. The third-order valence-electron chi connectivity index (χ3n) is 3.30. The Kier molecular flexibility index (Phi) is 2.61. The summed E-state index contributed by atoms with van der Waals surface area (Å²) in [5.74, 6) is 0. The van der Waals surface area contributed by atoms with E-state index in [0.717, 1.165) is 28.3 Å². The number of aryl methyl sites for hydroxylation is 1. The van der Waals surface area contributed by atoms with Crippen molar-refractivity contribution < 1.29 is 14.5 Å². The summed E-state index contributed by atoms with van der Waals surface area (Å²) in [7, 11) is -1.51. The number of hydrogen-bond acceptors (Lipinski definition) is 3. The molecule has 0 atom stereocenters. The normalized spacial score (nSPS) is 11.3. The highest BCUT2D eigenvalue weighted by atomic mass is 16.4. The fourth-order valence-electron chi connectivity index (χ4n) is 2.41. The predicted octanol–water partition coefficient (Wildman–Crippen LogP) is 1.83. The second kappa shape index (κ2) is 4.16. The lowest BCUT2D eigenvalue weighted by Gasteiger charge is -2.04. The molecule has 3 aromatic rings. The average Bonchev–Trinajstić information content (AvgIpc) is 2.76. The summed E-state index contributed by atoms with van der Waals surface area (Å²) in [6, 6.07) is 11.4. The number of hydrogen-bond donors (Lipinski definition) is 2. The zero-order valence-electron chi connectivity index (χ0n) is 10.1. The van der Waals surface area contributed by atoms with E-state index in [0.29, 0.717) is 11.0 Å². The maximum Gasteiger partial charge on any atom is 0.492 e. The lowest BCUT2D eigenvalue weighted by molar-refractivity contribution is 0.425. The summed E-state index contributed by atoms with van der Waals surface area (Å²) in [6.45, 7) is 2.07. The van der Waals surface area contributed by atoms with E-state index >= 15 is 0 Å². The molecule has 1 heterocycles. The van der Waals surface area contributed by atoms with Gasteiger partial charge in [-0.05, 0) is 18.1 Å². The van der Waals surface area contributed by atoms with Gasteiger partial charge in [0.2, 0.25) is 0 Å². The average molecular weight is 240 g/mol. The molecule has 0 unspecified atom stereocenters. The Balaban J connectivity index is 2.51. The minimum atomic E-state index is -1.51. The van der Waals surface area contributed by atoms with E-state index in [-0.39, 0.29) is 0 Å². The topological polar surface area (TPSA) is 53.6 Å². The predicted molar refractivity (Wildman–Crippen MR) is 72.9 cm³/mol. The zero-order valence-corrected chi connectivity index (χ0v) is 10.1. The van der Waals surface area contributed by atoms with E-state index in [1.165, 1.54) is 0 Å². The minimum Gasteiger partial charge on any atom is -0.456 e. The third kappa shape index (κ3) is 1.54. The third-order valence-corrected chi connectivity index (χ3v) is 3.30. The van der Waals surface area contributed by atoms with Crippen LogP contribution in [0.1, 0.15) is 12.5 Å². The molecule has 0 aliphatic carbocycles. The molecule has 3 nitrogen and oxygen atoms in total. The molecule has 0 spiro atoms. The lowest BCUT2D eigenvalue weighted by atomic mass is 9.78. The van der Waals surface area contributed by atoms with E-state index < -0.39 is 7.12 Å². The quantitative estimate of drug-likeness (QED) is 0.672. The van der Waals surface area contributed by atoms with Crippen molar-refractivity contribution in [3.8, 4) is 0 Å². The van der Waals surface area contributed by atoms with E-state index in [1.54, 1.807) is 6.07 Å². The minimum absolute atomic E-state index is 0.415. The van der Waals surface area contributed by atoms with Crippen LogP contribution in [-0.4, -0.2) is 17.2 Å². The van der Waals surface area contributed by atoms with Crippen molar-refractivity contribution >= 4 is 34.5 Å². The number of fused-ring (bicyclic) bond motifs is 3. The lowest BCUT2D eigenvalue weighted by Crippen LogP contribution is -2.30. The molecule has 0 radical (unpaired) electrons. The van der Waals surface area contributed by atoms with Crippen LogP contribution in [0, 0.1) is 0 Å². The highest BCUT2D eigenvalue weighted by Crippen LogP contribution is 2.30. The van der Waals surface area contributed by atoms with Crippen LogP contribution >= 0.6 is 0 Å². The van der Waals surface area contributed by atoms with Crippen LogP contribution in [-0.2, 0) is 6.42 Å². The molecule has 0 amide bonds. The van der Waals surface area contributed by atoms with Gasteiger partial charge in [0.05, 0.1) is 0 Å². The Labute approximate surface area is 105 Å². The molecule has 1 aromatic heterocycles. The first-order valence-electron chi connectivity index (χ1n) is 6.01. The molecule has 3 rings (SSSR count). The zero-order chi connectivity index (χ0) is 12.7. The standard InChI is InChI=1S/C14H13BO3/c1-2-9-7-8-11(15(16)17)14-13(9)10-5-3-4-6-12(10)18-14/h3-8,16-17H,2H2,1H3. The summed E-state index contributed by atoms with van der Waals surface area (Å²) in [4.78, 5) is 0. The van der Waals surface area contributed by atoms with Gasteiger partial charge in [-0.1, -0.05) is 37.3 Å². The van der Waals surface area contributed by atoms with E-state index in [1.807, 2.05) is 30.3 Å². The van der Waals surface area contributed by atoms with Gasteiger partial charge in [-0.2, -0.15) is 0 Å². The van der Waals surface area contributed by atoms with Gasteiger partial charge in [0.25, 0.3) is 0 Å². The van der Waals surface area contributed by atoms with Crippen molar-refractivity contribution in [3.63, 3.8) is 0 Å². The molecule has 18 heavy (non-hydrogen) atoms. The van der Waals surface area contributed by atoms with Gasteiger partial charge in [-0.25, -0.2) is 0 Å². The maximum absolute atomic E-state index is 9.41. The van der Waals surface area contributed by atoms with Gasteiger partial charge in [0.15, 0.2) is 0 Å². The molecule has 0 aliphatic rings. The molecule has 0 saturated heterocycles. The van der Waals surface area contributed by atoms with Crippen molar-refractivity contribution in [2.24, 2.45) is 0 Å². The largest absolute Gasteiger partial charge is 0.492 e. The second-order valence-corrected chi connectivity index (χ2v) is 4.34. The van der Waals surface area contributed by atoms with Crippen LogP contribution in [0.5, 0.6) is 0 Å². The Morgan fingerprint density at radius 1 is 1.11 bits per heavy atom. The number of para-hydroxylation sites is 1. The first-order valence-corrected chi connectivity index (χ1v) is 6.01. The van der Waals surface area contributed by atoms with Crippen LogP contribution < -0.4 is 5.46 Å². The molecule has 0 bridgehead atoms. The highest BCUT2D eigenvalue weighted by molar-refractivity contribution is 6.61. The van der Waals surface area contributed by atoms with Gasteiger partial charge < -0.3 is 14.5 Å². The second-order valence-electron chi connectivity index (χ2n) is 4.34. The summed E-state index contributed by atoms with van der Waals surface area (Å²) in [5, 5.41) is 20.8. The number of benzene rings is 2. The van der Waals surface area contributed by atoms with Gasteiger partial charge >= 0.3 is 7.12 Å². The number of furan rings is 1. The summed E-state index contributed by atoms with van der Waals surface area (Å²) >= 11 is 0. The molecular weight excluding hydrogens is 227 g/mol. The Hall–Kier alpha value is -1.78.